The summed E-state index contributed by atoms with van der Waals surface area (Å²) in [6, 6.07) is 93.9. The van der Waals surface area contributed by atoms with E-state index in [1.54, 1.807) is 0 Å². The summed E-state index contributed by atoms with van der Waals surface area (Å²) >= 11 is 0. The number of benzene rings is 11. The van der Waals surface area contributed by atoms with Gasteiger partial charge in [-0.25, -0.2) is 0 Å². The van der Waals surface area contributed by atoms with E-state index in [1.807, 2.05) is 12.1 Å². The van der Waals surface area contributed by atoms with Gasteiger partial charge >= 0.3 is 0 Å². The maximum Gasteiger partial charge on any atom is 0.136 e. The number of para-hydroxylation sites is 1. The molecule has 2 heteroatoms. The van der Waals surface area contributed by atoms with Crippen LogP contribution in [0.1, 0.15) is 0 Å². The predicted molar refractivity (Wildman–Crippen MR) is 279 cm³/mol. The molecule has 11 aromatic carbocycles. The first-order chi connectivity index (χ1) is 32.7. The van der Waals surface area contributed by atoms with Crippen LogP contribution >= 0.6 is 0 Å². The fraction of sp³-hybridized carbons (Fsp3) is 0. The molecule has 0 bridgehead atoms. The molecule has 0 spiro atoms. The van der Waals surface area contributed by atoms with Crippen molar-refractivity contribution in [2.75, 3.05) is 4.90 Å². The van der Waals surface area contributed by atoms with E-state index < -0.39 is 0 Å². The Kier molecular flexibility index (Phi) is 9.89. The SMILES string of the molecule is c1ccc(-c2ccccc2-c2ccccc2-c2ccccc2-c2ccc(N(c3ccc(-c4ccc5c(c4)oc4ccccc45)cc3)c3cccc(-c4cccc5ccccc45)c3)cc2)cc1. The van der Waals surface area contributed by atoms with Crippen molar-refractivity contribution in [1.82, 2.24) is 0 Å². The zero-order valence-corrected chi connectivity index (χ0v) is 36.2. The highest BCUT2D eigenvalue weighted by Gasteiger charge is 2.18. The highest BCUT2D eigenvalue weighted by molar-refractivity contribution is 6.06. The largest absolute Gasteiger partial charge is 0.456 e. The molecule has 0 aliphatic rings. The number of furan rings is 1. The van der Waals surface area contributed by atoms with Gasteiger partial charge in [0.25, 0.3) is 0 Å². The van der Waals surface area contributed by atoms with Gasteiger partial charge in [0.2, 0.25) is 0 Å². The van der Waals surface area contributed by atoms with Gasteiger partial charge in [-0.2, -0.15) is 0 Å². The summed E-state index contributed by atoms with van der Waals surface area (Å²) in [5, 5.41) is 4.74. The van der Waals surface area contributed by atoms with Crippen LogP contribution in [0.3, 0.4) is 0 Å². The molecule has 1 heterocycles. The third-order valence-corrected chi connectivity index (χ3v) is 12.9. The minimum absolute atomic E-state index is 0.895. The van der Waals surface area contributed by atoms with E-state index in [-0.39, 0.29) is 0 Å². The van der Waals surface area contributed by atoms with Gasteiger partial charge in [0, 0.05) is 27.8 Å². The van der Waals surface area contributed by atoms with E-state index in [0.717, 1.165) is 55.7 Å². The fourth-order valence-corrected chi connectivity index (χ4v) is 9.75. The Balaban J connectivity index is 0.943. The summed E-state index contributed by atoms with van der Waals surface area (Å²) in [5.41, 5.74) is 19.2. The molecule has 0 fully saturated rings. The van der Waals surface area contributed by atoms with E-state index in [4.69, 9.17) is 4.42 Å². The zero-order chi connectivity index (χ0) is 43.8. The van der Waals surface area contributed by atoms with E-state index >= 15 is 0 Å². The van der Waals surface area contributed by atoms with E-state index in [9.17, 15) is 0 Å². The summed E-state index contributed by atoms with van der Waals surface area (Å²) < 4.78 is 6.28. The molecule has 0 amide bonds. The highest BCUT2D eigenvalue weighted by atomic mass is 16.3. The minimum atomic E-state index is 0.895. The predicted octanol–water partition coefficient (Wildman–Crippen LogP) is 18.2. The van der Waals surface area contributed by atoms with Crippen LogP contribution in [0.2, 0.25) is 0 Å². The quantitative estimate of drug-likeness (QED) is 0.144. The van der Waals surface area contributed by atoms with Gasteiger partial charge < -0.3 is 9.32 Å². The van der Waals surface area contributed by atoms with Crippen molar-refractivity contribution in [3.8, 4) is 66.8 Å². The van der Waals surface area contributed by atoms with Crippen LogP contribution in [0, 0.1) is 0 Å². The Hall–Kier alpha value is -8.72. The lowest BCUT2D eigenvalue weighted by molar-refractivity contribution is 0.669. The van der Waals surface area contributed by atoms with E-state index in [2.05, 4.69) is 254 Å². The summed E-state index contributed by atoms with van der Waals surface area (Å²) in [4.78, 5) is 2.37. The molecule has 12 aromatic rings. The number of rotatable bonds is 9. The molecule has 0 N–H and O–H groups in total. The topological polar surface area (TPSA) is 16.4 Å². The van der Waals surface area contributed by atoms with Crippen LogP contribution in [0.4, 0.5) is 17.1 Å². The van der Waals surface area contributed by atoms with Crippen LogP contribution in [0.15, 0.2) is 265 Å². The van der Waals surface area contributed by atoms with Crippen molar-refractivity contribution in [3.63, 3.8) is 0 Å². The zero-order valence-electron chi connectivity index (χ0n) is 36.2. The maximum absolute atomic E-state index is 6.28. The Morgan fingerprint density at radius 3 is 1.36 bits per heavy atom. The monoisotopic (exact) mass is 841 g/mol. The lowest BCUT2D eigenvalue weighted by Gasteiger charge is -2.27. The van der Waals surface area contributed by atoms with Crippen molar-refractivity contribution >= 4 is 49.8 Å². The second-order valence-corrected chi connectivity index (χ2v) is 16.8. The van der Waals surface area contributed by atoms with Gasteiger partial charge in [-0.1, -0.05) is 206 Å². The number of nitrogens with zero attached hydrogens (tertiary/aromatic N) is 1. The van der Waals surface area contributed by atoms with Crippen LogP contribution < -0.4 is 4.90 Å². The van der Waals surface area contributed by atoms with Crippen molar-refractivity contribution in [1.29, 1.82) is 0 Å². The molecule has 12 rings (SSSR count). The normalized spacial score (nSPS) is 11.3. The third kappa shape index (κ3) is 7.12. The fourth-order valence-electron chi connectivity index (χ4n) is 9.75. The second kappa shape index (κ2) is 16.8. The minimum Gasteiger partial charge on any atom is -0.456 e. The van der Waals surface area contributed by atoms with E-state index in [0.29, 0.717) is 0 Å². The molecule has 0 saturated carbocycles. The molecule has 66 heavy (non-hydrogen) atoms. The van der Waals surface area contributed by atoms with Gasteiger partial charge in [0.05, 0.1) is 0 Å². The molecule has 0 atom stereocenters. The summed E-state index contributed by atoms with van der Waals surface area (Å²) in [7, 11) is 0. The Morgan fingerprint density at radius 1 is 0.227 bits per heavy atom. The summed E-state index contributed by atoms with van der Waals surface area (Å²) in [6.45, 7) is 0. The van der Waals surface area contributed by atoms with Gasteiger partial charge in [0.1, 0.15) is 11.2 Å². The maximum atomic E-state index is 6.28. The molecule has 0 aliphatic carbocycles. The van der Waals surface area contributed by atoms with Crippen molar-refractivity contribution in [3.05, 3.63) is 261 Å². The smallest absolute Gasteiger partial charge is 0.136 e. The van der Waals surface area contributed by atoms with Crippen LogP contribution in [-0.4, -0.2) is 0 Å². The molecule has 310 valence electrons. The van der Waals surface area contributed by atoms with Crippen LogP contribution in [0.5, 0.6) is 0 Å². The van der Waals surface area contributed by atoms with Crippen molar-refractivity contribution in [2.45, 2.75) is 0 Å². The molecule has 1 aromatic heterocycles. The Labute approximate surface area is 384 Å². The molecular weight excluding hydrogens is 799 g/mol. The lowest BCUT2D eigenvalue weighted by Crippen LogP contribution is -2.10. The first kappa shape index (κ1) is 38.9. The molecule has 0 saturated heterocycles. The van der Waals surface area contributed by atoms with Gasteiger partial charge in [-0.3, -0.25) is 0 Å². The third-order valence-electron chi connectivity index (χ3n) is 12.9. The number of fused-ring (bicyclic) bond motifs is 4. The highest BCUT2D eigenvalue weighted by Crippen LogP contribution is 2.44. The van der Waals surface area contributed by atoms with Gasteiger partial charge in [0.15, 0.2) is 0 Å². The number of hydrogen-bond acceptors (Lipinski definition) is 2. The molecule has 0 unspecified atom stereocenters. The average Bonchev–Trinajstić information content (AvgIpc) is 3.77. The Morgan fingerprint density at radius 2 is 0.682 bits per heavy atom. The summed E-state index contributed by atoms with van der Waals surface area (Å²) in [6.07, 6.45) is 0. The van der Waals surface area contributed by atoms with Gasteiger partial charge in [-0.05, 0) is 132 Å². The Bertz CT molecular complexity index is 3690. The van der Waals surface area contributed by atoms with Crippen molar-refractivity contribution in [2.24, 2.45) is 0 Å². The molecule has 0 aliphatic heterocycles. The van der Waals surface area contributed by atoms with Gasteiger partial charge in [-0.15, -0.1) is 0 Å². The number of anilines is 3. The first-order valence-electron chi connectivity index (χ1n) is 22.6. The van der Waals surface area contributed by atoms with Crippen LogP contribution in [0.25, 0.3) is 99.5 Å². The first-order valence-corrected chi connectivity index (χ1v) is 22.6. The van der Waals surface area contributed by atoms with Crippen LogP contribution in [-0.2, 0) is 0 Å². The average molecular weight is 842 g/mol. The molecular formula is C64H43NO. The lowest BCUT2D eigenvalue weighted by atomic mass is 9.87. The van der Waals surface area contributed by atoms with Crippen molar-refractivity contribution < 1.29 is 4.42 Å². The standard InChI is InChI=1S/C64H43NO/c1-2-16-45(17-3-1)54-23-6-8-25-57(54)59-27-10-11-28-60(59)58-26-9-7-24-55(58)47-34-39-51(40-35-47)65(52-21-14-20-49(42-52)56-30-15-19-46-18-4-5-22-53(46)56)50-37-32-44(33-38-50)48-36-41-62-61-29-12-13-31-63(61)66-64(62)43-48/h1-43H. The molecule has 2 nitrogen and oxygen atoms in total. The second-order valence-electron chi connectivity index (χ2n) is 16.8. The van der Waals surface area contributed by atoms with E-state index in [1.165, 1.54) is 60.8 Å². The molecule has 0 radical (unpaired) electrons. The summed E-state index contributed by atoms with van der Waals surface area (Å²) in [5.74, 6) is 0. The number of hydrogen-bond donors (Lipinski definition) is 0.